The van der Waals surface area contributed by atoms with Crippen LogP contribution in [0, 0.1) is 0 Å². The van der Waals surface area contributed by atoms with Gasteiger partial charge in [0, 0.05) is 22.4 Å². The number of rotatable bonds is 7. The summed E-state index contributed by atoms with van der Waals surface area (Å²) in [5.41, 5.74) is 18.3. The van der Waals surface area contributed by atoms with E-state index in [9.17, 15) is 0 Å². The molecule has 1 heteroatoms. The Hall–Kier alpha value is -7.48. The van der Waals surface area contributed by atoms with E-state index < -0.39 is 0 Å². The van der Waals surface area contributed by atoms with Crippen LogP contribution in [0.3, 0.4) is 0 Å². The van der Waals surface area contributed by atoms with Gasteiger partial charge in [-0.25, -0.2) is 0 Å². The van der Waals surface area contributed by atoms with Crippen LogP contribution in [0.15, 0.2) is 224 Å². The topological polar surface area (TPSA) is 3.24 Å². The Labute approximate surface area is 352 Å². The van der Waals surface area contributed by atoms with Gasteiger partial charge in [0.2, 0.25) is 0 Å². The Morgan fingerprint density at radius 3 is 1.45 bits per heavy atom. The highest BCUT2D eigenvalue weighted by Gasteiger charge is 2.36. The third-order valence-electron chi connectivity index (χ3n) is 12.6. The molecule has 0 atom stereocenters. The van der Waals surface area contributed by atoms with Crippen LogP contribution in [0.2, 0.25) is 0 Å². The molecule has 0 bridgehead atoms. The normalized spacial score (nSPS) is 12.6. The van der Waals surface area contributed by atoms with Crippen LogP contribution in [0.25, 0.3) is 77.2 Å². The SMILES string of the molecule is CC1(C)c2cc(-c3ccccc3-c3ccccc3)ccc2-c2ccc(N(c3ccc4cc5ccccc5cc4c3)c3ccccc3-c3ccc(-c4ccccc4)cc3)cc21. The highest BCUT2D eigenvalue weighted by molar-refractivity contribution is 6.01. The van der Waals surface area contributed by atoms with Gasteiger partial charge in [0.25, 0.3) is 0 Å². The average molecular weight is 766 g/mol. The van der Waals surface area contributed by atoms with Crippen LogP contribution in [0.1, 0.15) is 25.0 Å². The molecule has 1 aliphatic rings. The number of nitrogens with zero attached hydrogens (tertiary/aromatic N) is 1. The largest absolute Gasteiger partial charge is 0.310 e. The summed E-state index contributed by atoms with van der Waals surface area (Å²) in [4.78, 5) is 2.47. The number of fused-ring (bicyclic) bond motifs is 5. The second-order valence-electron chi connectivity index (χ2n) is 16.6. The molecule has 11 rings (SSSR count). The van der Waals surface area contributed by atoms with Crippen LogP contribution in [0.4, 0.5) is 17.1 Å². The van der Waals surface area contributed by atoms with Crippen molar-refractivity contribution in [2.24, 2.45) is 0 Å². The molecule has 10 aromatic carbocycles. The molecule has 0 saturated carbocycles. The predicted octanol–water partition coefficient (Wildman–Crippen LogP) is 16.4. The van der Waals surface area contributed by atoms with Crippen LogP contribution < -0.4 is 4.90 Å². The minimum absolute atomic E-state index is 0.223. The van der Waals surface area contributed by atoms with Gasteiger partial charge >= 0.3 is 0 Å². The fraction of sp³-hybridized carbons (Fsp3) is 0.0508. The smallest absolute Gasteiger partial charge is 0.0540 e. The molecule has 0 heterocycles. The standard InChI is InChI=1S/C59H43N/c1-59(2)56-38-47(52-22-12-11-21-51(52)42-17-7-4-8-18-42)30-33-54(56)55-34-32-50(39-57(55)59)60(49-31-29-46-35-44-19-9-10-20-45(44)36-48(46)37-49)58-24-14-13-23-53(58)43-27-25-41(26-28-43)40-15-5-3-6-16-40/h3-39H,1-2H3. The van der Waals surface area contributed by atoms with Crippen LogP contribution >= 0.6 is 0 Å². The average Bonchev–Trinajstić information content (AvgIpc) is 3.53. The van der Waals surface area contributed by atoms with Gasteiger partial charge in [-0.05, 0) is 131 Å². The summed E-state index contributed by atoms with van der Waals surface area (Å²) < 4.78 is 0. The molecule has 1 nitrogen and oxygen atoms in total. The number of hydrogen-bond donors (Lipinski definition) is 0. The number of hydrogen-bond acceptors (Lipinski definition) is 1. The molecule has 1 aliphatic carbocycles. The summed E-state index contributed by atoms with van der Waals surface area (Å²) in [6, 6.07) is 82.5. The fourth-order valence-corrected chi connectivity index (χ4v) is 9.52. The van der Waals surface area contributed by atoms with Gasteiger partial charge in [0.05, 0.1) is 5.69 Å². The monoisotopic (exact) mass is 765 g/mol. The van der Waals surface area contributed by atoms with Crippen LogP contribution in [-0.4, -0.2) is 0 Å². The van der Waals surface area contributed by atoms with Crippen molar-refractivity contribution < 1.29 is 0 Å². The molecule has 0 spiro atoms. The summed E-state index contributed by atoms with van der Waals surface area (Å²) in [6.45, 7) is 4.78. The van der Waals surface area contributed by atoms with Crippen LogP contribution in [0.5, 0.6) is 0 Å². The van der Waals surface area contributed by atoms with E-state index in [0.717, 1.165) is 17.1 Å². The van der Waals surface area contributed by atoms with E-state index in [1.807, 2.05) is 0 Å². The minimum atomic E-state index is -0.223. The number of anilines is 3. The Balaban J connectivity index is 1.05. The molecular weight excluding hydrogens is 723 g/mol. The van der Waals surface area contributed by atoms with Crippen molar-refractivity contribution in [3.05, 3.63) is 236 Å². The van der Waals surface area contributed by atoms with Crippen molar-refractivity contribution in [3.8, 4) is 55.6 Å². The molecule has 10 aromatic rings. The minimum Gasteiger partial charge on any atom is -0.310 e. The summed E-state index contributed by atoms with van der Waals surface area (Å²) in [5, 5.41) is 4.96. The van der Waals surface area contributed by atoms with Crippen molar-refractivity contribution in [2.75, 3.05) is 4.90 Å². The lowest BCUT2D eigenvalue weighted by Gasteiger charge is -2.30. The molecule has 0 N–H and O–H groups in total. The lowest BCUT2D eigenvalue weighted by Crippen LogP contribution is -2.17. The van der Waals surface area contributed by atoms with Crippen molar-refractivity contribution in [3.63, 3.8) is 0 Å². The van der Waals surface area contributed by atoms with E-state index >= 15 is 0 Å². The molecule has 0 radical (unpaired) electrons. The summed E-state index contributed by atoms with van der Waals surface area (Å²) in [6.07, 6.45) is 0. The maximum absolute atomic E-state index is 2.47. The Kier molecular flexibility index (Phi) is 8.57. The number of para-hydroxylation sites is 1. The van der Waals surface area contributed by atoms with Gasteiger partial charge in [-0.3, -0.25) is 0 Å². The predicted molar refractivity (Wildman–Crippen MR) is 255 cm³/mol. The third kappa shape index (κ3) is 6.10. The second kappa shape index (κ2) is 14.4. The molecule has 0 fully saturated rings. The summed E-state index contributed by atoms with van der Waals surface area (Å²) >= 11 is 0. The van der Waals surface area contributed by atoms with Crippen molar-refractivity contribution in [1.29, 1.82) is 0 Å². The van der Waals surface area contributed by atoms with Gasteiger partial charge in [-0.1, -0.05) is 190 Å². The zero-order valence-corrected chi connectivity index (χ0v) is 33.8. The molecular formula is C59H43N. The van der Waals surface area contributed by atoms with Crippen molar-refractivity contribution >= 4 is 38.6 Å². The Morgan fingerprint density at radius 2 is 0.733 bits per heavy atom. The molecule has 60 heavy (non-hydrogen) atoms. The number of benzene rings is 10. The van der Waals surface area contributed by atoms with Gasteiger partial charge < -0.3 is 4.90 Å². The highest BCUT2D eigenvalue weighted by atomic mass is 15.1. The van der Waals surface area contributed by atoms with Crippen molar-refractivity contribution in [2.45, 2.75) is 19.3 Å². The first-order chi connectivity index (χ1) is 29.5. The first-order valence-corrected chi connectivity index (χ1v) is 20.9. The quantitative estimate of drug-likeness (QED) is 0.146. The van der Waals surface area contributed by atoms with E-state index in [0.29, 0.717) is 0 Å². The third-order valence-corrected chi connectivity index (χ3v) is 12.6. The maximum Gasteiger partial charge on any atom is 0.0540 e. The maximum atomic E-state index is 2.47. The van der Waals surface area contributed by atoms with Crippen molar-refractivity contribution in [1.82, 2.24) is 0 Å². The molecule has 0 saturated heterocycles. The van der Waals surface area contributed by atoms with E-state index in [2.05, 4.69) is 243 Å². The van der Waals surface area contributed by atoms with E-state index in [4.69, 9.17) is 0 Å². The first-order valence-electron chi connectivity index (χ1n) is 20.9. The van der Waals surface area contributed by atoms with Gasteiger partial charge in [-0.2, -0.15) is 0 Å². The van der Waals surface area contributed by atoms with Crippen LogP contribution in [-0.2, 0) is 5.41 Å². The summed E-state index contributed by atoms with van der Waals surface area (Å²) in [5.74, 6) is 0. The summed E-state index contributed by atoms with van der Waals surface area (Å²) in [7, 11) is 0. The lowest BCUT2D eigenvalue weighted by molar-refractivity contribution is 0.660. The van der Waals surface area contributed by atoms with E-state index in [1.165, 1.54) is 88.3 Å². The van der Waals surface area contributed by atoms with Gasteiger partial charge in [0.1, 0.15) is 0 Å². The molecule has 0 aliphatic heterocycles. The Morgan fingerprint density at radius 1 is 0.283 bits per heavy atom. The fourth-order valence-electron chi connectivity index (χ4n) is 9.52. The highest BCUT2D eigenvalue weighted by Crippen LogP contribution is 2.52. The molecule has 0 amide bonds. The lowest BCUT2D eigenvalue weighted by atomic mass is 9.81. The second-order valence-corrected chi connectivity index (χ2v) is 16.6. The first kappa shape index (κ1) is 35.7. The zero-order valence-electron chi connectivity index (χ0n) is 33.8. The van der Waals surface area contributed by atoms with E-state index in [-0.39, 0.29) is 5.41 Å². The molecule has 0 unspecified atom stereocenters. The van der Waals surface area contributed by atoms with Gasteiger partial charge in [0.15, 0.2) is 0 Å². The van der Waals surface area contributed by atoms with E-state index in [1.54, 1.807) is 0 Å². The molecule has 284 valence electrons. The Bertz CT molecular complexity index is 3210. The molecule has 0 aromatic heterocycles. The zero-order chi connectivity index (χ0) is 40.2. The van der Waals surface area contributed by atoms with Gasteiger partial charge in [-0.15, -0.1) is 0 Å².